The first kappa shape index (κ1) is 19.1. The molecule has 1 atom stereocenters. The molecule has 1 amide bonds. The second-order valence-corrected chi connectivity index (χ2v) is 6.15. The molecule has 3 aromatic rings. The summed E-state index contributed by atoms with van der Waals surface area (Å²) >= 11 is 0. The van der Waals surface area contributed by atoms with Gasteiger partial charge >= 0.3 is 5.97 Å². The summed E-state index contributed by atoms with van der Waals surface area (Å²) in [7, 11) is 1.31. The zero-order valence-corrected chi connectivity index (χ0v) is 15.5. The lowest BCUT2D eigenvalue weighted by molar-refractivity contribution is -0.141. The van der Waals surface area contributed by atoms with E-state index in [4.69, 9.17) is 4.74 Å². The minimum Gasteiger partial charge on any atom is -0.467 e. The van der Waals surface area contributed by atoms with Crippen LogP contribution >= 0.6 is 0 Å². The van der Waals surface area contributed by atoms with Crippen LogP contribution in [0.15, 0.2) is 97.1 Å². The van der Waals surface area contributed by atoms with Crippen LogP contribution in [0.25, 0.3) is 5.57 Å². The summed E-state index contributed by atoms with van der Waals surface area (Å²) in [6, 6.07) is 27.3. The predicted octanol–water partition coefficient (Wildman–Crippen LogP) is 4.09. The molecule has 4 nitrogen and oxygen atoms in total. The van der Waals surface area contributed by atoms with Gasteiger partial charge in [0.05, 0.1) is 7.11 Å². The zero-order valence-electron chi connectivity index (χ0n) is 15.5. The van der Waals surface area contributed by atoms with Gasteiger partial charge in [0, 0.05) is 5.56 Å². The Morgan fingerprint density at radius 2 is 1.18 bits per heavy atom. The molecule has 0 aliphatic rings. The average molecular weight is 371 g/mol. The van der Waals surface area contributed by atoms with Crippen molar-refractivity contribution in [1.82, 2.24) is 5.32 Å². The molecule has 1 unspecified atom stereocenters. The Bertz CT molecular complexity index is 909. The van der Waals surface area contributed by atoms with Gasteiger partial charge < -0.3 is 10.1 Å². The quantitative estimate of drug-likeness (QED) is 0.664. The largest absolute Gasteiger partial charge is 0.467 e. The third-order valence-corrected chi connectivity index (χ3v) is 4.28. The molecule has 4 heteroatoms. The Labute approximate surface area is 164 Å². The first-order valence-corrected chi connectivity index (χ1v) is 8.95. The molecule has 0 bridgehead atoms. The highest BCUT2D eigenvalue weighted by atomic mass is 16.5. The number of hydrogen-bond donors (Lipinski definition) is 1. The fourth-order valence-corrected chi connectivity index (χ4v) is 2.87. The third-order valence-electron chi connectivity index (χ3n) is 4.28. The van der Waals surface area contributed by atoms with Crippen LogP contribution in [0.5, 0.6) is 0 Å². The normalized spacial score (nSPS) is 11.2. The molecule has 140 valence electrons. The van der Waals surface area contributed by atoms with Crippen molar-refractivity contribution in [2.45, 2.75) is 6.04 Å². The number of esters is 1. The van der Waals surface area contributed by atoms with Gasteiger partial charge in [0.1, 0.15) is 6.04 Å². The maximum absolute atomic E-state index is 12.6. The second kappa shape index (κ2) is 9.33. The summed E-state index contributed by atoms with van der Waals surface area (Å²) in [5, 5.41) is 2.76. The van der Waals surface area contributed by atoms with E-state index < -0.39 is 12.0 Å². The van der Waals surface area contributed by atoms with Gasteiger partial charge in [0.15, 0.2) is 0 Å². The Morgan fingerprint density at radius 3 is 1.61 bits per heavy atom. The Hall–Kier alpha value is -3.66. The molecule has 0 saturated carbocycles. The summed E-state index contributed by atoms with van der Waals surface area (Å²) in [5.74, 6) is -0.874. The van der Waals surface area contributed by atoms with Crippen LogP contribution in [0, 0.1) is 0 Å². The van der Waals surface area contributed by atoms with Gasteiger partial charge in [0.25, 0.3) is 5.91 Å². The van der Waals surface area contributed by atoms with Gasteiger partial charge in [-0.3, -0.25) is 4.79 Å². The number of methoxy groups -OCH3 is 1. The van der Waals surface area contributed by atoms with E-state index in [9.17, 15) is 9.59 Å². The molecule has 0 radical (unpaired) electrons. The van der Waals surface area contributed by atoms with Crippen LogP contribution < -0.4 is 5.32 Å². The number of carbonyl (C=O) groups is 2. The minimum absolute atomic E-state index is 0.340. The summed E-state index contributed by atoms with van der Waals surface area (Å²) in [6.45, 7) is 0. The highest BCUT2D eigenvalue weighted by Gasteiger charge is 2.21. The number of nitrogens with one attached hydrogen (secondary N) is 1. The molecular weight excluding hydrogens is 350 g/mol. The average Bonchev–Trinajstić information content (AvgIpc) is 2.77. The van der Waals surface area contributed by atoms with Crippen LogP contribution in [0.1, 0.15) is 21.5 Å². The maximum atomic E-state index is 12.6. The second-order valence-electron chi connectivity index (χ2n) is 6.15. The van der Waals surface area contributed by atoms with Crippen molar-refractivity contribution in [3.05, 3.63) is 114 Å². The smallest absolute Gasteiger partial charge is 0.332 e. The number of amides is 1. The fraction of sp³-hybridized carbons (Fsp3) is 0.0833. The lowest BCUT2D eigenvalue weighted by Crippen LogP contribution is -2.40. The topological polar surface area (TPSA) is 55.4 Å². The number of hydrogen-bond acceptors (Lipinski definition) is 3. The van der Waals surface area contributed by atoms with E-state index in [2.05, 4.69) is 5.32 Å². The molecule has 0 saturated heterocycles. The minimum atomic E-state index is -0.923. The lowest BCUT2D eigenvalue weighted by Gasteiger charge is -2.16. The molecule has 0 aliphatic carbocycles. The van der Waals surface area contributed by atoms with E-state index in [1.165, 1.54) is 7.11 Å². The van der Waals surface area contributed by atoms with Crippen LogP contribution in [0.3, 0.4) is 0 Å². The molecule has 3 rings (SSSR count). The molecule has 0 fully saturated rings. The summed E-state index contributed by atoms with van der Waals surface area (Å²) in [6.07, 6.45) is 1.73. The van der Waals surface area contributed by atoms with E-state index in [1.807, 2.05) is 66.7 Å². The summed E-state index contributed by atoms with van der Waals surface area (Å²) in [5.41, 5.74) is 3.20. The molecule has 0 heterocycles. The van der Waals surface area contributed by atoms with E-state index in [1.54, 1.807) is 30.3 Å². The first-order valence-electron chi connectivity index (χ1n) is 8.95. The van der Waals surface area contributed by atoms with Gasteiger partial charge in [-0.25, -0.2) is 4.79 Å². The lowest BCUT2D eigenvalue weighted by atomic mass is 9.96. The van der Waals surface area contributed by atoms with E-state index in [-0.39, 0.29) is 5.91 Å². The standard InChI is InChI=1S/C24H21NO3/c1-28-24(27)22(25-23(26)20-15-9-4-10-16-20)17-21(18-11-5-2-6-12-18)19-13-7-3-8-14-19/h2-17,22H,1H3,(H,25,26). The monoisotopic (exact) mass is 371 g/mol. The van der Waals surface area contributed by atoms with Gasteiger partial charge in [0.2, 0.25) is 0 Å². The molecule has 0 spiro atoms. The van der Waals surface area contributed by atoms with Gasteiger partial charge in [-0.1, -0.05) is 78.9 Å². The van der Waals surface area contributed by atoms with E-state index in [0.29, 0.717) is 5.56 Å². The van der Waals surface area contributed by atoms with Gasteiger partial charge in [-0.15, -0.1) is 0 Å². The van der Waals surface area contributed by atoms with Crippen molar-refractivity contribution in [2.75, 3.05) is 7.11 Å². The van der Waals surface area contributed by atoms with Crippen molar-refractivity contribution in [3.63, 3.8) is 0 Å². The van der Waals surface area contributed by atoms with Crippen molar-refractivity contribution in [2.24, 2.45) is 0 Å². The van der Waals surface area contributed by atoms with Crippen LogP contribution in [0.4, 0.5) is 0 Å². The molecular formula is C24H21NO3. The number of ether oxygens (including phenoxy) is 1. The number of carbonyl (C=O) groups excluding carboxylic acids is 2. The third kappa shape index (κ3) is 4.74. The Kier molecular flexibility index (Phi) is 6.37. The van der Waals surface area contributed by atoms with Crippen molar-refractivity contribution < 1.29 is 14.3 Å². The number of benzene rings is 3. The van der Waals surface area contributed by atoms with Crippen LogP contribution in [0.2, 0.25) is 0 Å². The molecule has 1 N–H and O–H groups in total. The SMILES string of the molecule is COC(=O)C(C=C(c1ccccc1)c1ccccc1)NC(=O)c1ccccc1. The van der Waals surface area contributed by atoms with E-state index >= 15 is 0 Å². The predicted molar refractivity (Wildman–Crippen MR) is 110 cm³/mol. The molecule has 0 aliphatic heterocycles. The first-order chi connectivity index (χ1) is 13.7. The van der Waals surface area contributed by atoms with Crippen LogP contribution in [-0.4, -0.2) is 25.0 Å². The van der Waals surface area contributed by atoms with Crippen molar-refractivity contribution in [1.29, 1.82) is 0 Å². The number of rotatable bonds is 6. The van der Waals surface area contributed by atoms with Gasteiger partial charge in [-0.05, 0) is 34.9 Å². The summed E-state index contributed by atoms with van der Waals surface area (Å²) < 4.78 is 4.92. The maximum Gasteiger partial charge on any atom is 0.332 e. The zero-order chi connectivity index (χ0) is 19.8. The Morgan fingerprint density at radius 1 is 0.750 bits per heavy atom. The van der Waals surface area contributed by atoms with Crippen LogP contribution in [-0.2, 0) is 9.53 Å². The fourth-order valence-electron chi connectivity index (χ4n) is 2.87. The van der Waals surface area contributed by atoms with Crippen molar-refractivity contribution in [3.8, 4) is 0 Å². The Balaban J connectivity index is 2.00. The highest BCUT2D eigenvalue weighted by Crippen LogP contribution is 2.24. The molecule has 3 aromatic carbocycles. The summed E-state index contributed by atoms with van der Waals surface area (Å²) in [4.78, 5) is 25.0. The van der Waals surface area contributed by atoms with E-state index in [0.717, 1.165) is 16.7 Å². The highest BCUT2D eigenvalue weighted by molar-refractivity contribution is 5.98. The van der Waals surface area contributed by atoms with Crippen molar-refractivity contribution >= 4 is 17.4 Å². The molecule has 0 aromatic heterocycles. The molecule has 28 heavy (non-hydrogen) atoms. The van der Waals surface area contributed by atoms with Gasteiger partial charge in [-0.2, -0.15) is 0 Å².